The summed E-state index contributed by atoms with van der Waals surface area (Å²) in [6.45, 7) is 0. The van der Waals surface area contributed by atoms with E-state index in [4.69, 9.17) is 28.9 Å². The first-order valence-electron chi connectivity index (χ1n) is 5.50. The average Bonchev–Trinajstić information content (AvgIpc) is 2.42. The first-order chi connectivity index (χ1) is 9.81. The number of hydrogen-bond donors (Lipinski definition) is 2. The van der Waals surface area contributed by atoms with E-state index in [1.54, 1.807) is 12.1 Å². The molecule has 0 saturated carbocycles. The Hall–Kier alpha value is -0.950. The van der Waals surface area contributed by atoms with Crippen LogP contribution in [-0.2, 0) is 0 Å². The van der Waals surface area contributed by atoms with Gasteiger partial charge in [0.2, 0.25) is 0 Å². The summed E-state index contributed by atoms with van der Waals surface area (Å²) in [6, 6.07) is 5.23. The lowest BCUT2D eigenvalue weighted by atomic mass is 10.1. The normalized spacial score (nSPS) is 10.5. The van der Waals surface area contributed by atoms with Gasteiger partial charge in [-0.05, 0) is 40.2 Å². The molecule has 2 nitrogen and oxygen atoms in total. The van der Waals surface area contributed by atoms with E-state index in [-0.39, 0.29) is 32.0 Å². The minimum atomic E-state index is -0.840. The minimum Gasteiger partial charge on any atom is -0.389 e. The molecule has 0 amide bonds. The Labute approximate surface area is 143 Å². The van der Waals surface area contributed by atoms with Crippen LogP contribution in [0.3, 0.4) is 0 Å². The van der Waals surface area contributed by atoms with Crippen LogP contribution < -0.4 is 11.1 Å². The van der Waals surface area contributed by atoms with Crippen LogP contribution in [0.5, 0.6) is 0 Å². The van der Waals surface area contributed by atoms with Crippen molar-refractivity contribution in [1.29, 1.82) is 0 Å². The molecule has 2 aromatic rings. The molecule has 0 aliphatic carbocycles. The first-order valence-corrected chi connectivity index (χ1v) is 7.46. The Bertz CT molecular complexity index is 717. The Balaban J connectivity index is 2.45. The fourth-order valence-corrected chi connectivity index (χ4v) is 2.53. The molecular weight excluding hydrogens is 405 g/mol. The van der Waals surface area contributed by atoms with Gasteiger partial charge in [0.05, 0.1) is 15.7 Å². The highest BCUT2D eigenvalue weighted by Gasteiger charge is 2.15. The first kappa shape index (κ1) is 16.4. The van der Waals surface area contributed by atoms with Crippen molar-refractivity contribution < 1.29 is 8.78 Å². The molecule has 0 bridgehead atoms. The number of halogens is 5. The van der Waals surface area contributed by atoms with Crippen molar-refractivity contribution in [2.45, 2.75) is 0 Å². The lowest BCUT2D eigenvalue weighted by molar-refractivity contribution is 0.590. The third-order valence-electron chi connectivity index (χ3n) is 2.62. The van der Waals surface area contributed by atoms with Crippen LogP contribution in [0, 0.1) is 11.6 Å². The van der Waals surface area contributed by atoms with Gasteiger partial charge in [-0.3, -0.25) is 0 Å². The molecule has 3 N–H and O–H groups in total. The number of hydrogen-bond acceptors (Lipinski definition) is 2. The number of thiocarbonyl (C=S) groups is 1. The molecule has 0 radical (unpaired) electrons. The largest absolute Gasteiger partial charge is 0.389 e. The number of benzene rings is 2. The van der Waals surface area contributed by atoms with Gasteiger partial charge < -0.3 is 11.1 Å². The van der Waals surface area contributed by atoms with Crippen LogP contribution in [-0.4, -0.2) is 4.99 Å². The second kappa shape index (κ2) is 6.44. The molecule has 0 fully saturated rings. The standard InChI is InChI=1S/C13H7BrCl2F2N2S/c14-6-1-2-9(11(16)10(6)15)20-12-7(17)3-5(13(19)21)4-8(12)18/h1-4,20H,(H2,19,21). The monoisotopic (exact) mass is 410 g/mol. The molecule has 0 spiro atoms. The molecule has 2 aromatic carbocycles. The smallest absolute Gasteiger partial charge is 0.150 e. The van der Waals surface area contributed by atoms with Gasteiger partial charge in [-0.25, -0.2) is 8.78 Å². The lowest BCUT2D eigenvalue weighted by Gasteiger charge is -2.13. The molecule has 0 aliphatic heterocycles. The predicted octanol–water partition coefficient (Wildman–Crippen LogP) is 5.41. The SMILES string of the molecule is NC(=S)c1cc(F)c(Nc2ccc(Br)c(Cl)c2Cl)c(F)c1. The van der Waals surface area contributed by atoms with Gasteiger partial charge in [-0.1, -0.05) is 35.4 Å². The summed E-state index contributed by atoms with van der Waals surface area (Å²) >= 11 is 19.9. The van der Waals surface area contributed by atoms with Gasteiger partial charge in [0.15, 0.2) is 0 Å². The number of nitrogens with one attached hydrogen (secondary N) is 1. The van der Waals surface area contributed by atoms with Crippen molar-refractivity contribution in [2.75, 3.05) is 5.32 Å². The lowest BCUT2D eigenvalue weighted by Crippen LogP contribution is -2.11. The van der Waals surface area contributed by atoms with Gasteiger partial charge in [-0.15, -0.1) is 0 Å². The van der Waals surface area contributed by atoms with Crippen molar-refractivity contribution in [3.8, 4) is 0 Å². The van der Waals surface area contributed by atoms with Crippen molar-refractivity contribution in [3.05, 3.63) is 56.0 Å². The van der Waals surface area contributed by atoms with Crippen LogP contribution in [0.2, 0.25) is 10.0 Å². The molecule has 0 saturated heterocycles. The maximum atomic E-state index is 14.0. The summed E-state index contributed by atoms with van der Waals surface area (Å²) in [5, 5.41) is 2.95. The maximum absolute atomic E-state index is 14.0. The Morgan fingerprint density at radius 2 is 1.71 bits per heavy atom. The van der Waals surface area contributed by atoms with E-state index in [1.807, 2.05) is 0 Å². The van der Waals surface area contributed by atoms with E-state index >= 15 is 0 Å². The van der Waals surface area contributed by atoms with Crippen molar-refractivity contribution >= 4 is 67.7 Å². The fraction of sp³-hybridized carbons (Fsp3) is 0. The van der Waals surface area contributed by atoms with Crippen LogP contribution in [0.15, 0.2) is 28.7 Å². The van der Waals surface area contributed by atoms with Crippen molar-refractivity contribution in [2.24, 2.45) is 5.73 Å². The van der Waals surface area contributed by atoms with E-state index in [2.05, 4.69) is 33.5 Å². The highest BCUT2D eigenvalue weighted by Crippen LogP contribution is 2.38. The number of nitrogens with two attached hydrogens (primary N) is 1. The zero-order valence-electron chi connectivity index (χ0n) is 10.2. The molecular formula is C13H7BrCl2F2N2S. The molecule has 21 heavy (non-hydrogen) atoms. The topological polar surface area (TPSA) is 38.0 Å². The molecule has 0 unspecified atom stereocenters. The zero-order valence-corrected chi connectivity index (χ0v) is 14.1. The van der Waals surface area contributed by atoms with Gasteiger partial charge in [0.1, 0.15) is 22.3 Å². The van der Waals surface area contributed by atoms with Gasteiger partial charge >= 0.3 is 0 Å². The second-order valence-electron chi connectivity index (χ2n) is 4.03. The Morgan fingerprint density at radius 1 is 1.14 bits per heavy atom. The summed E-state index contributed by atoms with van der Waals surface area (Å²) in [7, 11) is 0. The highest BCUT2D eigenvalue weighted by molar-refractivity contribution is 9.10. The van der Waals surface area contributed by atoms with Gasteiger partial charge in [-0.2, -0.15) is 0 Å². The van der Waals surface area contributed by atoms with E-state index in [1.165, 1.54) is 0 Å². The average molecular weight is 412 g/mol. The molecule has 8 heteroatoms. The fourth-order valence-electron chi connectivity index (χ4n) is 1.59. The maximum Gasteiger partial charge on any atom is 0.150 e. The molecule has 2 rings (SSSR count). The molecule has 110 valence electrons. The van der Waals surface area contributed by atoms with Crippen LogP contribution >= 0.6 is 51.3 Å². The van der Waals surface area contributed by atoms with Crippen LogP contribution in [0.1, 0.15) is 5.56 Å². The Kier molecular flexibility index (Phi) is 5.03. The summed E-state index contributed by atoms with van der Waals surface area (Å²) in [5.41, 5.74) is 5.35. The van der Waals surface area contributed by atoms with Crippen LogP contribution in [0.4, 0.5) is 20.2 Å². The molecule has 0 heterocycles. The third kappa shape index (κ3) is 3.45. The molecule has 0 aliphatic rings. The van der Waals surface area contributed by atoms with Crippen LogP contribution in [0.25, 0.3) is 0 Å². The van der Waals surface area contributed by atoms with Crippen molar-refractivity contribution in [1.82, 2.24) is 0 Å². The predicted molar refractivity (Wildman–Crippen MR) is 89.7 cm³/mol. The van der Waals surface area contributed by atoms with E-state index < -0.39 is 11.6 Å². The number of anilines is 2. The summed E-state index contributed by atoms with van der Waals surface area (Å²) in [4.78, 5) is -0.0935. The number of rotatable bonds is 3. The van der Waals surface area contributed by atoms with E-state index in [9.17, 15) is 8.78 Å². The molecule has 0 atom stereocenters. The zero-order chi connectivity index (χ0) is 15.7. The van der Waals surface area contributed by atoms with Gasteiger partial charge in [0.25, 0.3) is 0 Å². The van der Waals surface area contributed by atoms with E-state index in [0.717, 1.165) is 12.1 Å². The highest BCUT2D eigenvalue weighted by atomic mass is 79.9. The van der Waals surface area contributed by atoms with E-state index in [0.29, 0.717) is 4.47 Å². The summed E-state index contributed by atoms with van der Waals surface area (Å²) in [6.07, 6.45) is 0. The van der Waals surface area contributed by atoms with Crippen molar-refractivity contribution in [3.63, 3.8) is 0 Å². The quantitative estimate of drug-likeness (QED) is 0.523. The van der Waals surface area contributed by atoms with Gasteiger partial charge in [0, 0.05) is 10.0 Å². The molecule has 0 aromatic heterocycles. The summed E-state index contributed by atoms with van der Waals surface area (Å²) < 4.78 is 28.5. The summed E-state index contributed by atoms with van der Waals surface area (Å²) in [5.74, 6) is -1.68. The third-order valence-corrected chi connectivity index (χ3v) is 4.63. The second-order valence-corrected chi connectivity index (χ2v) is 6.08. The Morgan fingerprint density at radius 3 is 2.24 bits per heavy atom. The minimum absolute atomic E-state index is 0.0935.